The van der Waals surface area contributed by atoms with Crippen molar-refractivity contribution >= 4 is 18.0 Å². The molecule has 0 aromatic heterocycles. The zero-order chi connectivity index (χ0) is 14.5. The smallest absolute Gasteiger partial charge is 0.308 e. The Kier molecular flexibility index (Phi) is 4.56. The maximum absolute atomic E-state index is 12.1. The minimum atomic E-state index is -0.815. The number of aliphatic carboxylic acids is 1. The first-order valence-electron chi connectivity index (χ1n) is 6.83. The number of carbonyl (C=O) groups excluding carboxylic acids is 1. The quantitative estimate of drug-likeness (QED) is 0.860. The van der Waals surface area contributed by atoms with Crippen LogP contribution in [-0.2, 0) is 9.59 Å². The van der Waals surface area contributed by atoms with Crippen molar-refractivity contribution in [2.24, 2.45) is 5.92 Å². The van der Waals surface area contributed by atoms with Gasteiger partial charge in [0.25, 0.3) is 0 Å². The Balaban J connectivity index is 1.99. The Morgan fingerprint density at radius 1 is 1.40 bits per heavy atom. The number of aryl methyl sites for hydroxylation is 1. The second kappa shape index (κ2) is 6.37. The van der Waals surface area contributed by atoms with E-state index < -0.39 is 11.9 Å². The van der Waals surface area contributed by atoms with Gasteiger partial charge in [-0.2, -0.15) is 0 Å². The lowest BCUT2D eigenvalue weighted by molar-refractivity contribution is -0.144. The van der Waals surface area contributed by atoms with Crippen LogP contribution < -0.4 is 0 Å². The van der Waals surface area contributed by atoms with Gasteiger partial charge in [-0.1, -0.05) is 29.8 Å². The third-order valence-corrected chi connectivity index (χ3v) is 3.54. The minimum absolute atomic E-state index is 0.113. The highest BCUT2D eigenvalue weighted by atomic mass is 16.4. The van der Waals surface area contributed by atoms with Gasteiger partial charge in [0.2, 0.25) is 5.91 Å². The number of carbonyl (C=O) groups is 2. The molecule has 0 saturated carbocycles. The van der Waals surface area contributed by atoms with E-state index in [1.165, 1.54) is 6.08 Å². The summed E-state index contributed by atoms with van der Waals surface area (Å²) in [6.07, 6.45) is 4.71. The fourth-order valence-corrected chi connectivity index (χ4v) is 2.43. The third kappa shape index (κ3) is 3.70. The minimum Gasteiger partial charge on any atom is -0.481 e. The summed E-state index contributed by atoms with van der Waals surface area (Å²) in [7, 11) is 0. The van der Waals surface area contributed by atoms with Gasteiger partial charge in [-0.05, 0) is 31.4 Å². The van der Waals surface area contributed by atoms with Crippen molar-refractivity contribution in [3.05, 3.63) is 41.5 Å². The van der Waals surface area contributed by atoms with Crippen LogP contribution in [0, 0.1) is 12.8 Å². The first kappa shape index (κ1) is 14.3. The van der Waals surface area contributed by atoms with Gasteiger partial charge < -0.3 is 10.0 Å². The molecule has 1 aromatic carbocycles. The monoisotopic (exact) mass is 273 g/mol. The Morgan fingerprint density at radius 2 is 2.20 bits per heavy atom. The number of benzene rings is 1. The second-order valence-electron chi connectivity index (χ2n) is 5.21. The van der Waals surface area contributed by atoms with Crippen LogP contribution >= 0.6 is 0 Å². The largest absolute Gasteiger partial charge is 0.481 e. The topological polar surface area (TPSA) is 57.6 Å². The number of nitrogens with zero attached hydrogens (tertiary/aromatic N) is 1. The summed E-state index contributed by atoms with van der Waals surface area (Å²) >= 11 is 0. The molecule has 1 aliphatic rings. The van der Waals surface area contributed by atoms with Crippen LogP contribution in [0.25, 0.3) is 6.08 Å². The van der Waals surface area contributed by atoms with Crippen LogP contribution in [0.1, 0.15) is 24.0 Å². The van der Waals surface area contributed by atoms with E-state index in [1.807, 2.05) is 31.2 Å². The van der Waals surface area contributed by atoms with Crippen molar-refractivity contribution in [1.82, 2.24) is 4.90 Å². The molecular formula is C16H19NO3. The summed E-state index contributed by atoms with van der Waals surface area (Å²) in [6.45, 7) is 2.95. The van der Waals surface area contributed by atoms with E-state index in [1.54, 1.807) is 11.0 Å². The van der Waals surface area contributed by atoms with E-state index in [0.29, 0.717) is 19.5 Å². The first-order chi connectivity index (χ1) is 9.56. The van der Waals surface area contributed by atoms with Crippen molar-refractivity contribution in [3.8, 4) is 0 Å². The van der Waals surface area contributed by atoms with Crippen molar-refractivity contribution in [2.45, 2.75) is 19.8 Å². The maximum Gasteiger partial charge on any atom is 0.308 e. The molecule has 1 aliphatic heterocycles. The number of hydrogen-bond donors (Lipinski definition) is 1. The lowest BCUT2D eigenvalue weighted by Crippen LogP contribution is -2.41. The molecule has 0 radical (unpaired) electrons. The molecule has 4 heteroatoms. The normalized spacial score (nSPS) is 19.2. The van der Waals surface area contributed by atoms with E-state index in [-0.39, 0.29) is 5.91 Å². The molecule has 1 amide bonds. The first-order valence-corrected chi connectivity index (χ1v) is 6.83. The number of carboxylic acids is 1. The molecule has 1 N–H and O–H groups in total. The van der Waals surface area contributed by atoms with Gasteiger partial charge in [-0.25, -0.2) is 0 Å². The molecule has 2 rings (SSSR count). The Labute approximate surface area is 118 Å². The highest BCUT2D eigenvalue weighted by Crippen LogP contribution is 2.17. The Bertz CT molecular complexity index is 536. The zero-order valence-electron chi connectivity index (χ0n) is 11.6. The van der Waals surface area contributed by atoms with Crippen LogP contribution in [0.5, 0.6) is 0 Å². The molecule has 1 aromatic rings. The van der Waals surface area contributed by atoms with Gasteiger partial charge in [0.05, 0.1) is 5.92 Å². The molecule has 1 fully saturated rings. The van der Waals surface area contributed by atoms with E-state index in [0.717, 1.165) is 17.5 Å². The zero-order valence-corrected chi connectivity index (χ0v) is 11.6. The number of amides is 1. The van der Waals surface area contributed by atoms with Crippen molar-refractivity contribution < 1.29 is 14.7 Å². The summed E-state index contributed by atoms with van der Waals surface area (Å²) in [5, 5.41) is 9.02. The third-order valence-electron chi connectivity index (χ3n) is 3.54. The summed E-state index contributed by atoms with van der Waals surface area (Å²) in [5.74, 6) is -1.36. The molecule has 1 saturated heterocycles. The average Bonchev–Trinajstić information content (AvgIpc) is 2.45. The van der Waals surface area contributed by atoms with E-state index in [2.05, 4.69) is 0 Å². The second-order valence-corrected chi connectivity index (χ2v) is 5.21. The number of piperidine rings is 1. The van der Waals surface area contributed by atoms with E-state index in [4.69, 9.17) is 5.11 Å². The van der Waals surface area contributed by atoms with Crippen molar-refractivity contribution in [2.75, 3.05) is 13.1 Å². The van der Waals surface area contributed by atoms with Crippen LogP contribution in [0.4, 0.5) is 0 Å². The van der Waals surface area contributed by atoms with Gasteiger partial charge >= 0.3 is 5.97 Å². The summed E-state index contributed by atoms with van der Waals surface area (Å²) in [6, 6.07) is 7.88. The van der Waals surface area contributed by atoms with Crippen LogP contribution in [0.3, 0.4) is 0 Å². The van der Waals surface area contributed by atoms with Gasteiger partial charge in [-0.3, -0.25) is 9.59 Å². The van der Waals surface area contributed by atoms with Crippen molar-refractivity contribution in [3.63, 3.8) is 0 Å². The van der Waals surface area contributed by atoms with Gasteiger partial charge in [0, 0.05) is 19.2 Å². The molecule has 0 bridgehead atoms. The van der Waals surface area contributed by atoms with Gasteiger partial charge in [-0.15, -0.1) is 0 Å². The van der Waals surface area contributed by atoms with Crippen LogP contribution in [-0.4, -0.2) is 35.0 Å². The highest BCUT2D eigenvalue weighted by molar-refractivity contribution is 5.92. The molecule has 106 valence electrons. The molecule has 1 heterocycles. The fraction of sp³-hybridized carbons (Fsp3) is 0.375. The average molecular weight is 273 g/mol. The summed E-state index contributed by atoms with van der Waals surface area (Å²) < 4.78 is 0. The van der Waals surface area contributed by atoms with E-state index in [9.17, 15) is 9.59 Å². The fourth-order valence-electron chi connectivity index (χ4n) is 2.43. The lowest BCUT2D eigenvalue weighted by atomic mass is 9.98. The van der Waals surface area contributed by atoms with E-state index >= 15 is 0 Å². The highest BCUT2D eigenvalue weighted by Gasteiger charge is 2.26. The molecular weight excluding hydrogens is 254 g/mol. The SMILES string of the molecule is Cc1cccc(/C=C/C(=O)N2CCC[C@@H](C(=O)O)C2)c1. The molecule has 0 spiro atoms. The number of rotatable bonds is 3. The standard InChI is InChI=1S/C16H19NO3/c1-12-4-2-5-13(10-12)7-8-15(18)17-9-3-6-14(11-17)16(19)20/h2,4-5,7-8,10,14H,3,6,9,11H2,1H3,(H,19,20)/b8-7+/t14-/m1/s1. The Morgan fingerprint density at radius 3 is 2.90 bits per heavy atom. The maximum atomic E-state index is 12.1. The predicted molar refractivity (Wildman–Crippen MR) is 77.2 cm³/mol. The molecule has 4 nitrogen and oxygen atoms in total. The molecule has 20 heavy (non-hydrogen) atoms. The molecule has 1 atom stereocenters. The summed E-state index contributed by atoms with van der Waals surface area (Å²) in [4.78, 5) is 24.7. The van der Waals surface area contributed by atoms with Gasteiger partial charge in [0.1, 0.15) is 0 Å². The lowest BCUT2D eigenvalue weighted by Gasteiger charge is -2.29. The Hall–Kier alpha value is -2.10. The van der Waals surface area contributed by atoms with Crippen LogP contribution in [0.2, 0.25) is 0 Å². The van der Waals surface area contributed by atoms with Gasteiger partial charge in [0.15, 0.2) is 0 Å². The summed E-state index contributed by atoms with van der Waals surface area (Å²) in [5.41, 5.74) is 2.12. The number of hydrogen-bond acceptors (Lipinski definition) is 2. The van der Waals surface area contributed by atoms with Crippen molar-refractivity contribution in [1.29, 1.82) is 0 Å². The number of carboxylic acid groups (broad SMARTS) is 1. The predicted octanol–water partition coefficient (Wildman–Crippen LogP) is 2.33. The molecule has 0 unspecified atom stereocenters. The molecule has 0 aliphatic carbocycles. The van der Waals surface area contributed by atoms with Crippen LogP contribution in [0.15, 0.2) is 30.3 Å². The number of likely N-dealkylation sites (tertiary alicyclic amines) is 1.